The van der Waals surface area contributed by atoms with Gasteiger partial charge in [-0.05, 0) is 59.3 Å². The van der Waals surface area contributed by atoms with Crippen LogP contribution in [0.1, 0.15) is 73.3 Å². The van der Waals surface area contributed by atoms with Gasteiger partial charge in [0.15, 0.2) is 11.1 Å². The van der Waals surface area contributed by atoms with Crippen LogP contribution in [0, 0.1) is 5.92 Å². The van der Waals surface area contributed by atoms with Crippen molar-refractivity contribution in [1.29, 1.82) is 0 Å². The van der Waals surface area contributed by atoms with Crippen LogP contribution in [0.3, 0.4) is 0 Å². The Morgan fingerprint density at radius 1 is 1.25 bits per heavy atom. The van der Waals surface area contributed by atoms with E-state index in [1.54, 1.807) is 27.7 Å². The molecule has 182 valence electrons. The first-order chi connectivity index (χ1) is 14.6. The third-order valence-corrected chi connectivity index (χ3v) is 9.05. The van der Waals surface area contributed by atoms with Crippen LogP contribution in [0.15, 0.2) is 21.9 Å². The standard InChI is InChI=1S/C21H35N2O8P/c1-7-20(5,31-32(27,28)21(6,26)8-2)12-13-11-14(17-16(13)29-19(3,4)30-17)23-10-9-15(24)22-18(23)25/h9-10,13-14,16-17,26H,7-8,11-12H2,1-6H3,(H,27,28)(H,22,24,25)/t13-,14-,16-,17+,20?,21?/m1/s1. The average molecular weight is 474 g/mol. The van der Waals surface area contributed by atoms with E-state index < -0.39 is 41.7 Å². The lowest BCUT2D eigenvalue weighted by molar-refractivity contribution is -0.162. The molecule has 0 spiro atoms. The SMILES string of the molecule is CCC(C)(C[C@H]1C[C@@H](n2ccc(=O)[nH]c2=O)[C@@H]2OC(C)(C)O[C@H]12)OP(=O)(O)C(C)(O)CC. The molecule has 1 aromatic rings. The summed E-state index contributed by atoms with van der Waals surface area (Å²) >= 11 is 0. The van der Waals surface area contributed by atoms with E-state index in [1.807, 2.05) is 6.92 Å². The molecule has 0 amide bonds. The molecule has 1 saturated heterocycles. The molecule has 11 heteroatoms. The second kappa shape index (κ2) is 8.49. The topological polar surface area (TPSA) is 140 Å². The largest absolute Gasteiger partial charge is 0.378 e. The maximum atomic E-state index is 12.9. The van der Waals surface area contributed by atoms with Crippen molar-refractivity contribution in [2.75, 3.05) is 0 Å². The molecule has 2 fully saturated rings. The number of nitrogens with one attached hydrogen (secondary N) is 1. The molecule has 2 aliphatic rings. The van der Waals surface area contributed by atoms with Gasteiger partial charge in [0, 0.05) is 12.3 Å². The van der Waals surface area contributed by atoms with E-state index in [0.717, 1.165) is 0 Å². The van der Waals surface area contributed by atoms with E-state index in [2.05, 4.69) is 4.98 Å². The Morgan fingerprint density at radius 3 is 2.44 bits per heavy atom. The van der Waals surface area contributed by atoms with Gasteiger partial charge in [0.2, 0.25) is 0 Å². The van der Waals surface area contributed by atoms with Crippen LogP contribution >= 0.6 is 7.60 Å². The van der Waals surface area contributed by atoms with Crippen LogP contribution in [0.2, 0.25) is 0 Å². The zero-order valence-electron chi connectivity index (χ0n) is 19.5. The quantitative estimate of drug-likeness (QED) is 0.488. The summed E-state index contributed by atoms with van der Waals surface area (Å²) in [6.45, 7) is 10.1. The van der Waals surface area contributed by atoms with Gasteiger partial charge in [0.05, 0.1) is 17.7 Å². The highest BCUT2D eigenvalue weighted by Gasteiger charge is 2.56. The molecule has 32 heavy (non-hydrogen) atoms. The maximum Gasteiger partial charge on any atom is 0.359 e. The van der Waals surface area contributed by atoms with Gasteiger partial charge in [-0.15, -0.1) is 0 Å². The fraction of sp³-hybridized carbons (Fsp3) is 0.810. The van der Waals surface area contributed by atoms with Crippen molar-refractivity contribution >= 4 is 7.60 Å². The molecule has 1 aliphatic carbocycles. The number of H-pyrrole nitrogens is 1. The number of aromatic amines is 1. The predicted molar refractivity (Wildman–Crippen MR) is 117 cm³/mol. The van der Waals surface area contributed by atoms with Crippen LogP contribution in [0.5, 0.6) is 0 Å². The second-order valence-electron chi connectivity index (χ2n) is 9.84. The van der Waals surface area contributed by atoms with Crippen molar-refractivity contribution in [3.8, 4) is 0 Å². The third-order valence-electron chi connectivity index (χ3n) is 6.82. The van der Waals surface area contributed by atoms with Crippen molar-refractivity contribution in [1.82, 2.24) is 9.55 Å². The number of rotatable bonds is 8. The first-order valence-electron chi connectivity index (χ1n) is 11.1. The van der Waals surface area contributed by atoms with Gasteiger partial charge in [-0.2, -0.15) is 0 Å². The molecule has 7 atom stereocenters. The summed E-state index contributed by atoms with van der Waals surface area (Å²) in [5.74, 6) is -1.01. The number of aromatic nitrogens is 2. The summed E-state index contributed by atoms with van der Waals surface area (Å²) in [6.07, 6.45) is 2.01. The summed E-state index contributed by atoms with van der Waals surface area (Å²) in [5, 5.41) is 8.52. The van der Waals surface area contributed by atoms with Crippen molar-refractivity contribution in [3.63, 3.8) is 0 Å². The van der Waals surface area contributed by atoms with Gasteiger partial charge in [0.25, 0.3) is 5.56 Å². The average Bonchev–Trinajstić information content (AvgIpc) is 3.15. The van der Waals surface area contributed by atoms with Gasteiger partial charge in [-0.3, -0.25) is 18.9 Å². The molecule has 10 nitrogen and oxygen atoms in total. The zero-order chi connectivity index (χ0) is 24.1. The molecule has 3 N–H and O–H groups in total. The van der Waals surface area contributed by atoms with E-state index in [1.165, 1.54) is 23.8 Å². The number of nitrogens with zero attached hydrogens (tertiary/aromatic N) is 1. The number of aliphatic hydroxyl groups is 1. The lowest BCUT2D eigenvalue weighted by Gasteiger charge is -2.38. The fourth-order valence-corrected chi connectivity index (χ4v) is 6.01. The number of ether oxygens (including phenoxy) is 2. The van der Waals surface area contributed by atoms with Crippen LogP contribution < -0.4 is 11.2 Å². The molecule has 1 aliphatic heterocycles. The van der Waals surface area contributed by atoms with Gasteiger partial charge in [-0.25, -0.2) is 4.79 Å². The van der Waals surface area contributed by atoms with Crippen LogP contribution in [0.25, 0.3) is 0 Å². The Kier molecular flexibility index (Phi) is 6.72. The molecule has 0 bridgehead atoms. The third kappa shape index (κ3) is 4.81. The first kappa shape index (κ1) is 25.3. The summed E-state index contributed by atoms with van der Waals surface area (Å²) in [4.78, 5) is 36.7. The summed E-state index contributed by atoms with van der Waals surface area (Å²) in [7, 11) is -4.34. The van der Waals surface area contributed by atoms with Crippen molar-refractivity contribution in [2.24, 2.45) is 5.92 Å². The normalized spacial score (nSPS) is 32.6. The number of hydrogen-bond donors (Lipinski definition) is 3. The van der Waals surface area contributed by atoms with E-state index in [9.17, 15) is 24.2 Å². The van der Waals surface area contributed by atoms with Gasteiger partial charge >= 0.3 is 13.3 Å². The highest BCUT2D eigenvalue weighted by molar-refractivity contribution is 7.54. The molecule has 0 radical (unpaired) electrons. The maximum absolute atomic E-state index is 12.9. The summed E-state index contributed by atoms with van der Waals surface area (Å²) in [5.41, 5.74) is -2.02. The summed E-state index contributed by atoms with van der Waals surface area (Å²) < 4.78 is 32.3. The van der Waals surface area contributed by atoms with Crippen LogP contribution in [-0.4, -0.2) is 48.5 Å². The number of hydrogen-bond acceptors (Lipinski definition) is 7. The molecule has 1 aromatic heterocycles. The Hall–Kier alpha value is -1.29. The van der Waals surface area contributed by atoms with E-state index in [-0.39, 0.29) is 24.5 Å². The number of fused-ring (bicyclic) bond motifs is 1. The van der Waals surface area contributed by atoms with Gasteiger partial charge in [-0.1, -0.05) is 13.8 Å². The van der Waals surface area contributed by atoms with Crippen LogP contribution in [-0.2, 0) is 18.6 Å². The minimum Gasteiger partial charge on any atom is -0.378 e. The van der Waals surface area contributed by atoms with Gasteiger partial charge in [0.1, 0.15) is 6.10 Å². The minimum atomic E-state index is -4.34. The second-order valence-corrected chi connectivity index (χ2v) is 12.0. The first-order valence-corrected chi connectivity index (χ1v) is 12.6. The molecule has 0 aromatic carbocycles. The Labute approximate surface area is 187 Å². The van der Waals surface area contributed by atoms with Crippen molar-refractivity contribution < 1.29 is 28.6 Å². The monoisotopic (exact) mass is 474 g/mol. The molecule has 3 rings (SSSR count). The van der Waals surface area contributed by atoms with Crippen LogP contribution in [0.4, 0.5) is 0 Å². The summed E-state index contributed by atoms with van der Waals surface area (Å²) in [6, 6.07) is 0.913. The highest BCUT2D eigenvalue weighted by Crippen LogP contribution is 2.60. The molecule has 1 saturated carbocycles. The lowest BCUT2D eigenvalue weighted by atomic mass is 9.87. The smallest absolute Gasteiger partial charge is 0.359 e. The minimum absolute atomic E-state index is 0.0665. The molecule has 2 heterocycles. The van der Waals surface area contributed by atoms with Gasteiger partial charge < -0.3 is 24.0 Å². The van der Waals surface area contributed by atoms with E-state index >= 15 is 0 Å². The lowest BCUT2D eigenvalue weighted by Crippen LogP contribution is -2.37. The highest BCUT2D eigenvalue weighted by atomic mass is 31.2. The molecular weight excluding hydrogens is 439 g/mol. The zero-order valence-corrected chi connectivity index (χ0v) is 20.4. The Bertz CT molecular complexity index is 1000. The molecule has 3 unspecified atom stereocenters. The Balaban J connectivity index is 1.90. The van der Waals surface area contributed by atoms with Crippen molar-refractivity contribution in [3.05, 3.63) is 33.1 Å². The predicted octanol–water partition coefficient (Wildman–Crippen LogP) is 2.50. The van der Waals surface area contributed by atoms with E-state index in [4.69, 9.17) is 14.0 Å². The Morgan fingerprint density at radius 2 is 1.88 bits per heavy atom. The van der Waals surface area contributed by atoms with E-state index in [0.29, 0.717) is 19.3 Å². The van der Waals surface area contributed by atoms with Crippen molar-refractivity contribution in [2.45, 2.75) is 102 Å². The molecular formula is C21H35N2O8P. The fourth-order valence-electron chi connectivity index (χ4n) is 4.62.